The fraction of sp³-hybridized carbons (Fsp3) is 0.267. The molecule has 37 heavy (non-hydrogen) atoms. The van der Waals surface area contributed by atoms with Crippen LogP contribution in [0.3, 0.4) is 0 Å². The zero-order chi connectivity index (χ0) is 25.5. The van der Waals surface area contributed by atoms with Crippen LogP contribution in [0.4, 0.5) is 17.3 Å². The zero-order valence-electron chi connectivity index (χ0n) is 20.8. The van der Waals surface area contributed by atoms with Gasteiger partial charge in [0, 0.05) is 26.2 Å². The van der Waals surface area contributed by atoms with Crippen molar-refractivity contribution in [2.24, 2.45) is 5.92 Å². The van der Waals surface area contributed by atoms with Crippen molar-refractivity contribution in [3.05, 3.63) is 124 Å². The van der Waals surface area contributed by atoms with Crippen molar-refractivity contribution in [1.82, 2.24) is 9.97 Å². The van der Waals surface area contributed by atoms with Crippen molar-refractivity contribution in [2.75, 3.05) is 22.9 Å². The molecule has 7 nitrogen and oxygen atoms in total. The van der Waals surface area contributed by atoms with Crippen molar-refractivity contribution in [2.45, 2.75) is 32.4 Å². The molecule has 1 aromatic heterocycles. The Balaban J connectivity index is 1.41. The largest absolute Gasteiger partial charge is 0.353 e. The number of rotatable bonds is 9. The highest BCUT2D eigenvalue weighted by molar-refractivity contribution is 5.71. The predicted molar refractivity (Wildman–Crippen MR) is 147 cm³/mol. The fourth-order valence-corrected chi connectivity index (χ4v) is 5.10. The summed E-state index contributed by atoms with van der Waals surface area (Å²) in [5.74, 6) is 1.33. The van der Waals surface area contributed by atoms with Gasteiger partial charge in [-0.1, -0.05) is 91.0 Å². The lowest BCUT2D eigenvalue weighted by Gasteiger charge is -2.33. The zero-order valence-corrected chi connectivity index (χ0v) is 20.8. The summed E-state index contributed by atoms with van der Waals surface area (Å²) in [5, 5.41) is 12.5. The summed E-state index contributed by atoms with van der Waals surface area (Å²) in [5.41, 5.74) is 3.45. The molecule has 4 aromatic rings. The smallest absolute Gasteiger partial charge is 0.351 e. The minimum Gasteiger partial charge on any atom is -0.351 e. The van der Waals surface area contributed by atoms with Crippen LogP contribution < -0.4 is 9.80 Å². The molecule has 0 saturated carbocycles. The molecule has 5 rings (SSSR count). The molecule has 1 fully saturated rings. The fourth-order valence-electron chi connectivity index (χ4n) is 5.10. The Bertz CT molecular complexity index is 1250. The highest BCUT2D eigenvalue weighted by atomic mass is 16.6. The lowest BCUT2D eigenvalue weighted by Crippen LogP contribution is -2.36. The number of aromatic nitrogens is 2. The van der Waals surface area contributed by atoms with Crippen LogP contribution in [0.15, 0.2) is 97.3 Å². The lowest BCUT2D eigenvalue weighted by molar-refractivity contribution is -0.383. The molecule has 0 N–H and O–H groups in total. The number of hydrogen-bond donors (Lipinski definition) is 0. The average Bonchev–Trinajstić information content (AvgIpc) is 2.94. The molecule has 1 saturated heterocycles. The van der Waals surface area contributed by atoms with Gasteiger partial charge in [0.15, 0.2) is 0 Å². The Morgan fingerprint density at radius 2 is 1.30 bits per heavy atom. The third-order valence-electron chi connectivity index (χ3n) is 6.98. The molecule has 0 radical (unpaired) electrons. The average molecular weight is 494 g/mol. The minimum atomic E-state index is -0.316. The minimum absolute atomic E-state index is 0.0177. The van der Waals surface area contributed by atoms with Gasteiger partial charge in [-0.15, -0.1) is 0 Å². The molecule has 0 unspecified atom stereocenters. The van der Waals surface area contributed by atoms with E-state index in [-0.39, 0.29) is 10.6 Å². The maximum atomic E-state index is 12.5. The van der Waals surface area contributed by atoms with Crippen molar-refractivity contribution in [1.29, 1.82) is 0 Å². The molecule has 188 valence electrons. The third kappa shape index (κ3) is 6.12. The van der Waals surface area contributed by atoms with E-state index in [0.717, 1.165) is 43.5 Å². The summed E-state index contributed by atoms with van der Waals surface area (Å²) in [6.07, 6.45) is 4.46. The standard InChI is InChI=1S/C30H31N5O2/c36-35(37)28-29(33-18-16-25(17-19-33)20-24-10-4-1-5-11-24)31-23-32-30(28)34(21-26-12-6-2-7-13-26)22-27-14-8-3-9-15-27/h1-15,23,25H,16-22H2. The number of benzene rings is 3. The monoisotopic (exact) mass is 493 g/mol. The Labute approximate surface area is 217 Å². The van der Waals surface area contributed by atoms with Crippen LogP contribution in [0, 0.1) is 16.0 Å². The van der Waals surface area contributed by atoms with E-state index in [1.165, 1.54) is 11.9 Å². The Hall–Kier alpha value is -4.26. The quantitative estimate of drug-likeness (QED) is 0.209. The first kappa shape index (κ1) is 24.4. The normalized spacial score (nSPS) is 13.9. The lowest BCUT2D eigenvalue weighted by atomic mass is 9.90. The number of hydrogen-bond acceptors (Lipinski definition) is 6. The number of nitrogens with zero attached hydrogens (tertiary/aromatic N) is 5. The van der Waals surface area contributed by atoms with E-state index in [2.05, 4.69) is 39.1 Å². The van der Waals surface area contributed by atoms with E-state index in [0.29, 0.717) is 30.6 Å². The van der Waals surface area contributed by atoms with Gasteiger partial charge in [0.05, 0.1) is 4.92 Å². The van der Waals surface area contributed by atoms with Gasteiger partial charge in [-0.25, -0.2) is 9.97 Å². The van der Waals surface area contributed by atoms with Crippen molar-refractivity contribution in [3.63, 3.8) is 0 Å². The van der Waals surface area contributed by atoms with Crippen LogP contribution in [0.1, 0.15) is 29.5 Å². The summed E-state index contributed by atoms with van der Waals surface area (Å²) in [6, 6.07) is 30.5. The first-order valence-corrected chi connectivity index (χ1v) is 12.8. The van der Waals surface area contributed by atoms with Gasteiger partial charge in [0.2, 0.25) is 11.6 Å². The van der Waals surface area contributed by atoms with Gasteiger partial charge in [0.25, 0.3) is 0 Å². The summed E-state index contributed by atoms with van der Waals surface area (Å²) >= 11 is 0. The SMILES string of the molecule is O=[N+]([O-])c1c(N2CCC(Cc3ccccc3)CC2)ncnc1N(Cc1ccccc1)Cc1ccccc1. The summed E-state index contributed by atoms with van der Waals surface area (Å²) in [6.45, 7) is 2.50. The highest BCUT2D eigenvalue weighted by Crippen LogP contribution is 2.37. The van der Waals surface area contributed by atoms with Gasteiger partial charge in [-0.2, -0.15) is 0 Å². The Kier molecular flexibility index (Phi) is 7.69. The van der Waals surface area contributed by atoms with Crippen molar-refractivity contribution >= 4 is 17.3 Å². The van der Waals surface area contributed by atoms with E-state index < -0.39 is 0 Å². The van der Waals surface area contributed by atoms with Gasteiger partial charge >= 0.3 is 5.69 Å². The Morgan fingerprint density at radius 3 is 1.81 bits per heavy atom. The molecule has 1 aliphatic heterocycles. The highest BCUT2D eigenvalue weighted by Gasteiger charge is 2.32. The van der Waals surface area contributed by atoms with E-state index in [9.17, 15) is 10.1 Å². The molecular formula is C30H31N5O2. The van der Waals surface area contributed by atoms with E-state index in [1.54, 1.807) is 0 Å². The number of piperidine rings is 1. The second kappa shape index (κ2) is 11.6. The molecule has 0 aliphatic carbocycles. The molecule has 2 heterocycles. The number of anilines is 2. The summed E-state index contributed by atoms with van der Waals surface area (Å²) in [7, 11) is 0. The molecule has 7 heteroatoms. The molecule has 0 amide bonds. The van der Waals surface area contributed by atoms with Crippen LogP contribution in [-0.4, -0.2) is 28.0 Å². The summed E-state index contributed by atoms with van der Waals surface area (Å²) in [4.78, 5) is 25.1. The van der Waals surface area contributed by atoms with Crippen LogP contribution >= 0.6 is 0 Å². The van der Waals surface area contributed by atoms with Gasteiger partial charge < -0.3 is 9.80 Å². The second-order valence-electron chi connectivity index (χ2n) is 9.57. The van der Waals surface area contributed by atoms with E-state index in [1.807, 2.05) is 71.6 Å². The first-order valence-electron chi connectivity index (χ1n) is 12.8. The maximum absolute atomic E-state index is 12.5. The van der Waals surface area contributed by atoms with Crippen molar-refractivity contribution in [3.8, 4) is 0 Å². The summed E-state index contributed by atoms with van der Waals surface area (Å²) < 4.78 is 0. The van der Waals surface area contributed by atoms with Crippen molar-refractivity contribution < 1.29 is 4.92 Å². The van der Waals surface area contributed by atoms with E-state index >= 15 is 0 Å². The van der Waals surface area contributed by atoms with Crippen LogP contribution in [0.5, 0.6) is 0 Å². The topological polar surface area (TPSA) is 75.4 Å². The second-order valence-corrected chi connectivity index (χ2v) is 9.57. The molecular weight excluding hydrogens is 462 g/mol. The van der Waals surface area contributed by atoms with Gasteiger partial charge in [-0.3, -0.25) is 10.1 Å². The first-order chi connectivity index (χ1) is 18.2. The molecule has 1 aliphatic rings. The molecule has 0 spiro atoms. The van der Waals surface area contributed by atoms with Gasteiger partial charge in [-0.05, 0) is 41.9 Å². The van der Waals surface area contributed by atoms with E-state index in [4.69, 9.17) is 0 Å². The maximum Gasteiger partial charge on any atom is 0.353 e. The van der Waals surface area contributed by atoms with Gasteiger partial charge in [0.1, 0.15) is 6.33 Å². The molecule has 3 aromatic carbocycles. The third-order valence-corrected chi connectivity index (χ3v) is 6.98. The predicted octanol–water partition coefficient (Wildman–Crippen LogP) is 6.05. The Morgan fingerprint density at radius 1 is 0.784 bits per heavy atom. The van der Waals surface area contributed by atoms with Crippen LogP contribution in [0.2, 0.25) is 0 Å². The molecule has 0 atom stereocenters. The molecule has 0 bridgehead atoms. The van der Waals surface area contributed by atoms with Crippen LogP contribution in [-0.2, 0) is 19.5 Å². The number of nitro groups is 1. The van der Waals surface area contributed by atoms with Crippen LogP contribution in [0.25, 0.3) is 0 Å².